The van der Waals surface area contributed by atoms with Gasteiger partial charge in [0, 0.05) is 24.6 Å². The highest BCUT2D eigenvalue weighted by Gasteiger charge is 2.04. The van der Waals surface area contributed by atoms with Crippen LogP contribution in [0.2, 0.25) is 0 Å². The van der Waals surface area contributed by atoms with E-state index in [-0.39, 0.29) is 0 Å². The molecule has 3 N–H and O–H groups in total. The Balaban J connectivity index is 2.21. The van der Waals surface area contributed by atoms with Crippen molar-refractivity contribution in [1.82, 2.24) is 0 Å². The van der Waals surface area contributed by atoms with Crippen LogP contribution in [0.3, 0.4) is 0 Å². The maximum absolute atomic E-state index is 5.82. The van der Waals surface area contributed by atoms with Crippen LogP contribution in [0.25, 0.3) is 0 Å². The van der Waals surface area contributed by atoms with Gasteiger partial charge in [-0.2, -0.15) is 0 Å². The van der Waals surface area contributed by atoms with Gasteiger partial charge in [0.1, 0.15) is 5.75 Å². The summed E-state index contributed by atoms with van der Waals surface area (Å²) in [6.07, 6.45) is 0.867. The van der Waals surface area contributed by atoms with Gasteiger partial charge in [-0.3, -0.25) is 0 Å². The molecule has 4 nitrogen and oxygen atoms in total. The Hall–Kier alpha value is -2.20. The average Bonchev–Trinajstić information content (AvgIpc) is 2.48. The fraction of sp³-hybridized carbons (Fsp3) is 0.250. The number of nitrogens with one attached hydrogen (secondary N) is 1. The Morgan fingerprint density at radius 1 is 1.10 bits per heavy atom. The number of hydrogen-bond donors (Lipinski definition) is 2. The van der Waals surface area contributed by atoms with Gasteiger partial charge in [-0.25, -0.2) is 0 Å². The van der Waals surface area contributed by atoms with E-state index in [1.165, 1.54) is 5.56 Å². The number of benzene rings is 2. The van der Waals surface area contributed by atoms with E-state index in [0.717, 1.165) is 17.8 Å². The summed E-state index contributed by atoms with van der Waals surface area (Å²) in [5.41, 5.74) is 9.67. The first-order valence-electron chi connectivity index (χ1n) is 6.52. The van der Waals surface area contributed by atoms with Crippen molar-refractivity contribution in [3.05, 3.63) is 48.0 Å². The normalized spacial score (nSPS) is 10.3. The van der Waals surface area contributed by atoms with Gasteiger partial charge in [0.25, 0.3) is 0 Å². The Morgan fingerprint density at radius 3 is 2.65 bits per heavy atom. The van der Waals surface area contributed by atoms with Gasteiger partial charge >= 0.3 is 0 Å². The van der Waals surface area contributed by atoms with Crippen LogP contribution in [0.1, 0.15) is 5.56 Å². The Labute approximate surface area is 119 Å². The van der Waals surface area contributed by atoms with Gasteiger partial charge in [-0.15, -0.1) is 0 Å². The molecule has 0 aliphatic carbocycles. The molecule has 0 fully saturated rings. The maximum atomic E-state index is 5.82. The zero-order chi connectivity index (χ0) is 14.4. The van der Waals surface area contributed by atoms with E-state index in [2.05, 4.69) is 11.4 Å². The van der Waals surface area contributed by atoms with Crippen LogP contribution >= 0.6 is 0 Å². The summed E-state index contributed by atoms with van der Waals surface area (Å²) < 4.78 is 10.4. The molecule has 0 heterocycles. The predicted octanol–water partition coefficient (Wildman–Crippen LogP) is 3.21. The lowest BCUT2D eigenvalue weighted by molar-refractivity contribution is 0.202. The zero-order valence-electron chi connectivity index (χ0n) is 11.8. The van der Waals surface area contributed by atoms with Gasteiger partial charge in [0.05, 0.1) is 19.4 Å². The van der Waals surface area contributed by atoms with Gasteiger partial charge in [0.15, 0.2) is 0 Å². The second kappa shape index (κ2) is 6.82. The number of para-hydroxylation sites is 1. The van der Waals surface area contributed by atoms with Crippen molar-refractivity contribution in [2.24, 2.45) is 0 Å². The average molecular weight is 272 g/mol. The van der Waals surface area contributed by atoms with Gasteiger partial charge < -0.3 is 20.5 Å². The van der Waals surface area contributed by atoms with Crippen molar-refractivity contribution in [3.63, 3.8) is 0 Å². The molecular weight excluding hydrogens is 252 g/mol. The number of anilines is 3. The van der Waals surface area contributed by atoms with Crippen LogP contribution in [0.4, 0.5) is 17.1 Å². The van der Waals surface area contributed by atoms with Crippen LogP contribution in [0.15, 0.2) is 42.5 Å². The zero-order valence-corrected chi connectivity index (χ0v) is 11.8. The second-order valence-corrected chi connectivity index (χ2v) is 4.48. The number of ether oxygens (including phenoxy) is 2. The topological polar surface area (TPSA) is 56.5 Å². The van der Waals surface area contributed by atoms with E-state index in [9.17, 15) is 0 Å². The van der Waals surface area contributed by atoms with Crippen LogP contribution in [0.5, 0.6) is 5.75 Å². The Kier molecular flexibility index (Phi) is 4.85. The van der Waals surface area contributed by atoms with Crippen molar-refractivity contribution in [3.8, 4) is 5.75 Å². The first-order chi connectivity index (χ1) is 9.74. The molecule has 2 aromatic carbocycles. The molecule has 0 aliphatic rings. The molecule has 0 bridgehead atoms. The highest BCUT2D eigenvalue weighted by atomic mass is 16.5. The first kappa shape index (κ1) is 14.2. The summed E-state index contributed by atoms with van der Waals surface area (Å²) >= 11 is 0. The number of methoxy groups -OCH3 is 2. The number of nitrogens with two attached hydrogens (primary N) is 1. The molecule has 0 aromatic heterocycles. The van der Waals surface area contributed by atoms with Crippen LogP contribution in [-0.2, 0) is 11.2 Å². The third-order valence-electron chi connectivity index (χ3n) is 3.11. The molecule has 4 heteroatoms. The summed E-state index contributed by atoms with van der Waals surface area (Å²) in [5, 5.41) is 3.39. The molecule has 0 saturated carbocycles. The molecule has 2 rings (SSSR count). The van der Waals surface area contributed by atoms with Gasteiger partial charge in [-0.05, 0) is 30.2 Å². The number of hydrogen-bond acceptors (Lipinski definition) is 4. The highest BCUT2D eigenvalue weighted by Crippen LogP contribution is 2.28. The van der Waals surface area contributed by atoms with E-state index >= 15 is 0 Å². The SMILES string of the molecule is COCCc1ccccc1Nc1ccc(N)c(OC)c1. The molecule has 106 valence electrons. The number of rotatable bonds is 6. The molecular formula is C16H20N2O2. The highest BCUT2D eigenvalue weighted by molar-refractivity contribution is 5.68. The minimum Gasteiger partial charge on any atom is -0.495 e. The summed E-state index contributed by atoms with van der Waals surface area (Å²) in [4.78, 5) is 0. The molecule has 0 amide bonds. The summed E-state index contributed by atoms with van der Waals surface area (Å²) in [5.74, 6) is 0.671. The molecule has 0 spiro atoms. The smallest absolute Gasteiger partial charge is 0.143 e. The largest absolute Gasteiger partial charge is 0.495 e. The second-order valence-electron chi connectivity index (χ2n) is 4.48. The van der Waals surface area contributed by atoms with Crippen molar-refractivity contribution in [2.75, 3.05) is 31.9 Å². The number of nitrogen functional groups attached to an aromatic ring is 1. The third-order valence-corrected chi connectivity index (χ3v) is 3.11. The fourth-order valence-electron chi connectivity index (χ4n) is 2.02. The lowest BCUT2D eigenvalue weighted by atomic mass is 10.1. The monoisotopic (exact) mass is 272 g/mol. The first-order valence-corrected chi connectivity index (χ1v) is 6.52. The van der Waals surface area contributed by atoms with Crippen molar-refractivity contribution < 1.29 is 9.47 Å². The molecule has 0 atom stereocenters. The molecule has 2 aromatic rings. The summed E-state index contributed by atoms with van der Waals surface area (Å²) in [6.45, 7) is 0.698. The molecule has 20 heavy (non-hydrogen) atoms. The Bertz CT molecular complexity index is 570. The molecule has 0 radical (unpaired) electrons. The molecule has 0 unspecified atom stereocenters. The molecule has 0 aliphatic heterocycles. The minimum absolute atomic E-state index is 0.630. The minimum atomic E-state index is 0.630. The van der Waals surface area contributed by atoms with Gasteiger partial charge in [-0.1, -0.05) is 18.2 Å². The van der Waals surface area contributed by atoms with Crippen LogP contribution < -0.4 is 15.8 Å². The summed E-state index contributed by atoms with van der Waals surface area (Å²) in [7, 11) is 3.32. The van der Waals surface area contributed by atoms with Crippen LogP contribution in [0, 0.1) is 0 Å². The third kappa shape index (κ3) is 3.42. The predicted molar refractivity (Wildman–Crippen MR) is 82.7 cm³/mol. The van der Waals surface area contributed by atoms with E-state index in [1.54, 1.807) is 14.2 Å². The van der Waals surface area contributed by atoms with Crippen LogP contribution in [-0.4, -0.2) is 20.8 Å². The van der Waals surface area contributed by atoms with Crippen molar-refractivity contribution in [1.29, 1.82) is 0 Å². The maximum Gasteiger partial charge on any atom is 0.143 e. The van der Waals surface area contributed by atoms with E-state index in [0.29, 0.717) is 18.0 Å². The van der Waals surface area contributed by atoms with E-state index < -0.39 is 0 Å². The van der Waals surface area contributed by atoms with E-state index in [1.807, 2.05) is 36.4 Å². The van der Waals surface area contributed by atoms with Gasteiger partial charge in [0.2, 0.25) is 0 Å². The van der Waals surface area contributed by atoms with Crippen molar-refractivity contribution >= 4 is 17.1 Å². The molecule has 0 saturated heterocycles. The quantitative estimate of drug-likeness (QED) is 0.793. The lowest BCUT2D eigenvalue weighted by Crippen LogP contribution is -2.00. The fourth-order valence-corrected chi connectivity index (χ4v) is 2.02. The summed E-state index contributed by atoms with van der Waals surface area (Å²) in [6, 6.07) is 13.8. The van der Waals surface area contributed by atoms with E-state index in [4.69, 9.17) is 15.2 Å². The standard InChI is InChI=1S/C16H20N2O2/c1-19-10-9-12-5-3-4-6-15(12)18-13-7-8-14(17)16(11-13)20-2/h3-8,11,18H,9-10,17H2,1-2H3. The van der Waals surface area contributed by atoms with Crippen molar-refractivity contribution in [2.45, 2.75) is 6.42 Å². The lowest BCUT2D eigenvalue weighted by Gasteiger charge is -2.13. The Morgan fingerprint density at radius 2 is 1.90 bits per heavy atom.